The number of Topliss-reactive ketones (excluding diaryl/α,β-unsaturated/α-hetero) is 1. The molecule has 0 aliphatic heterocycles. The molecule has 3 N–H and O–H groups in total. The van der Waals surface area contributed by atoms with Gasteiger partial charge in [-0.05, 0) is 35.1 Å². The lowest BCUT2D eigenvalue weighted by atomic mass is 9.96. The van der Waals surface area contributed by atoms with Crippen LogP contribution in [0.3, 0.4) is 0 Å². The number of nitrogens with two attached hydrogens (primary N) is 1. The Labute approximate surface area is 178 Å². The van der Waals surface area contributed by atoms with Crippen LogP contribution in [0.5, 0.6) is 5.75 Å². The van der Waals surface area contributed by atoms with Crippen LogP contribution in [0, 0.1) is 0 Å². The van der Waals surface area contributed by atoms with Crippen LogP contribution in [0.2, 0.25) is 0 Å². The molecule has 0 saturated heterocycles. The third-order valence-electron chi connectivity index (χ3n) is 5.10. The predicted molar refractivity (Wildman–Crippen MR) is 119 cm³/mol. The number of rotatable bonds is 6. The Balaban J connectivity index is 1.95. The van der Waals surface area contributed by atoms with Crippen molar-refractivity contribution in [1.29, 1.82) is 0 Å². The minimum Gasteiger partial charge on any atom is -0.506 e. The summed E-state index contributed by atoms with van der Waals surface area (Å²) in [6.45, 7) is 0. The highest BCUT2D eigenvalue weighted by molar-refractivity contribution is 7.98. The van der Waals surface area contributed by atoms with E-state index in [9.17, 15) is 14.7 Å². The molecular formula is C24H20N2O3S. The fraction of sp³-hybridized carbons (Fsp3) is 0.0833. The van der Waals surface area contributed by atoms with Crippen molar-refractivity contribution in [2.45, 2.75) is 11.3 Å². The van der Waals surface area contributed by atoms with Crippen molar-refractivity contribution in [1.82, 2.24) is 4.40 Å². The van der Waals surface area contributed by atoms with E-state index in [0.717, 1.165) is 22.4 Å². The van der Waals surface area contributed by atoms with Crippen molar-refractivity contribution in [3.63, 3.8) is 0 Å². The number of hydrogen-bond donors (Lipinski definition) is 2. The van der Waals surface area contributed by atoms with E-state index in [4.69, 9.17) is 5.73 Å². The molecule has 0 radical (unpaired) electrons. The number of pyridine rings is 1. The number of aromatic nitrogens is 1. The fourth-order valence-electron chi connectivity index (χ4n) is 3.81. The van der Waals surface area contributed by atoms with Crippen LogP contribution >= 0.6 is 11.8 Å². The first-order valence-electron chi connectivity index (χ1n) is 9.39. The maximum absolute atomic E-state index is 12.6. The zero-order chi connectivity index (χ0) is 21.3. The lowest BCUT2D eigenvalue weighted by molar-refractivity contribution is -0.114. The van der Waals surface area contributed by atoms with Gasteiger partial charge in [0.15, 0.2) is 0 Å². The Bertz CT molecular complexity index is 1260. The van der Waals surface area contributed by atoms with Crippen LogP contribution in [0.15, 0.2) is 77.8 Å². The molecule has 6 heteroatoms. The quantitative estimate of drug-likeness (QED) is 0.279. The zero-order valence-electron chi connectivity index (χ0n) is 16.3. The Morgan fingerprint density at radius 2 is 1.70 bits per heavy atom. The standard InChI is InChI=1S/C24H20N2O3S/c1-30-23-18(14-16-10-5-6-11-17(16)15-8-3-2-4-9-15)26-13-7-12-19(27)21(26)20(23)22(28)24(25)29/h2-13,27H,14H2,1H3,(H2,25,29). The second-order valence-corrected chi connectivity index (χ2v) is 7.68. The number of hydrogen-bond acceptors (Lipinski definition) is 4. The van der Waals surface area contributed by atoms with E-state index >= 15 is 0 Å². The first kappa shape index (κ1) is 19.8. The first-order chi connectivity index (χ1) is 14.5. The Morgan fingerprint density at radius 1 is 1.00 bits per heavy atom. The molecule has 0 atom stereocenters. The van der Waals surface area contributed by atoms with E-state index in [1.165, 1.54) is 17.8 Å². The predicted octanol–water partition coefficient (Wildman–Crippen LogP) is 4.29. The van der Waals surface area contributed by atoms with Crippen LogP contribution in [0.4, 0.5) is 0 Å². The molecule has 5 nitrogen and oxygen atoms in total. The molecule has 2 aromatic carbocycles. The smallest absolute Gasteiger partial charge is 0.289 e. The Hall–Kier alpha value is -3.51. The third-order valence-corrected chi connectivity index (χ3v) is 5.95. The summed E-state index contributed by atoms with van der Waals surface area (Å²) in [6.07, 6.45) is 4.14. The number of carbonyl (C=O) groups excluding carboxylic acids is 2. The number of nitrogens with zero attached hydrogens (tertiary/aromatic N) is 1. The number of benzene rings is 2. The maximum Gasteiger partial charge on any atom is 0.289 e. The lowest BCUT2D eigenvalue weighted by Crippen LogP contribution is -2.23. The molecule has 0 aliphatic carbocycles. The average molecular weight is 417 g/mol. The van der Waals surface area contributed by atoms with Crippen molar-refractivity contribution in [2.75, 3.05) is 6.26 Å². The summed E-state index contributed by atoms with van der Waals surface area (Å²) in [5, 5.41) is 10.5. The van der Waals surface area contributed by atoms with E-state index < -0.39 is 11.7 Å². The Kier molecular flexibility index (Phi) is 5.33. The molecular weight excluding hydrogens is 396 g/mol. The van der Waals surface area contributed by atoms with Gasteiger partial charge in [0.05, 0.1) is 5.56 Å². The van der Waals surface area contributed by atoms with Crippen molar-refractivity contribution < 1.29 is 14.7 Å². The molecule has 4 rings (SSSR count). The van der Waals surface area contributed by atoms with Crippen LogP contribution in [-0.4, -0.2) is 27.5 Å². The summed E-state index contributed by atoms with van der Waals surface area (Å²) in [4.78, 5) is 25.0. The number of carbonyl (C=O) groups is 2. The van der Waals surface area contributed by atoms with E-state index in [1.54, 1.807) is 16.7 Å². The lowest BCUT2D eigenvalue weighted by Gasteiger charge is -2.11. The topological polar surface area (TPSA) is 84.8 Å². The summed E-state index contributed by atoms with van der Waals surface area (Å²) in [5.74, 6) is -1.92. The van der Waals surface area contributed by atoms with Crippen LogP contribution in [0.25, 0.3) is 16.6 Å². The van der Waals surface area contributed by atoms with E-state index in [0.29, 0.717) is 16.8 Å². The summed E-state index contributed by atoms with van der Waals surface area (Å²) >= 11 is 1.36. The molecule has 30 heavy (non-hydrogen) atoms. The normalized spacial score (nSPS) is 11.0. The number of aromatic hydroxyl groups is 1. The average Bonchev–Trinajstić information content (AvgIpc) is 3.08. The molecule has 4 aromatic rings. The molecule has 0 aliphatic rings. The van der Waals surface area contributed by atoms with Gasteiger partial charge in [0.1, 0.15) is 11.3 Å². The number of ketones is 1. The van der Waals surface area contributed by atoms with Gasteiger partial charge < -0.3 is 15.2 Å². The minimum absolute atomic E-state index is 0.0694. The molecule has 1 amide bonds. The zero-order valence-corrected chi connectivity index (χ0v) is 17.1. The number of primary amides is 1. The summed E-state index contributed by atoms with van der Waals surface area (Å²) in [5.41, 5.74) is 9.83. The first-order valence-corrected chi connectivity index (χ1v) is 10.6. The van der Waals surface area contributed by atoms with Gasteiger partial charge in [0.2, 0.25) is 0 Å². The van der Waals surface area contributed by atoms with Gasteiger partial charge in [-0.3, -0.25) is 9.59 Å². The van der Waals surface area contributed by atoms with Crippen molar-refractivity contribution in [3.05, 3.63) is 89.7 Å². The van der Waals surface area contributed by atoms with Crippen molar-refractivity contribution in [3.8, 4) is 16.9 Å². The highest BCUT2D eigenvalue weighted by Crippen LogP contribution is 2.38. The van der Waals surface area contributed by atoms with Crippen LogP contribution in [-0.2, 0) is 11.2 Å². The highest BCUT2D eigenvalue weighted by Gasteiger charge is 2.28. The van der Waals surface area contributed by atoms with Gasteiger partial charge in [-0.15, -0.1) is 11.8 Å². The van der Waals surface area contributed by atoms with Crippen LogP contribution < -0.4 is 5.73 Å². The van der Waals surface area contributed by atoms with Gasteiger partial charge in [-0.25, -0.2) is 0 Å². The maximum atomic E-state index is 12.6. The van der Waals surface area contributed by atoms with Gasteiger partial charge in [0.25, 0.3) is 11.7 Å². The van der Waals surface area contributed by atoms with Crippen LogP contribution in [0.1, 0.15) is 21.6 Å². The van der Waals surface area contributed by atoms with Gasteiger partial charge in [0, 0.05) is 23.2 Å². The van der Waals surface area contributed by atoms with E-state index in [-0.39, 0.29) is 11.3 Å². The molecule has 2 heterocycles. The second-order valence-electron chi connectivity index (χ2n) is 6.86. The molecule has 150 valence electrons. The molecule has 0 bridgehead atoms. The fourth-order valence-corrected chi connectivity index (χ4v) is 4.60. The monoisotopic (exact) mass is 416 g/mol. The Morgan fingerprint density at radius 3 is 2.40 bits per heavy atom. The molecule has 0 unspecified atom stereocenters. The minimum atomic E-state index is -1.04. The molecule has 0 spiro atoms. The highest BCUT2D eigenvalue weighted by atomic mass is 32.2. The van der Waals surface area contributed by atoms with E-state index in [1.807, 2.05) is 42.7 Å². The molecule has 0 fully saturated rings. The number of thioether (sulfide) groups is 1. The second kappa shape index (κ2) is 8.08. The third kappa shape index (κ3) is 3.35. The van der Waals surface area contributed by atoms with Gasteiger partial charge >= 0.3 is 0 Å². The van der Waals surface area contributed by atoms with E-state index in [2.05, 4.69) is 18.2 Å². The number of fused-ring (bicyclic) bond motifs is 1. The molecule has 2 aromatic heterocycles. The van der Waals surface area contributed by atoms with Crippen molar-refractivity contribution in [2.24, 2.45) is 5.73 Å². The summed E-state index contributed by atoms with van der Waals surface area (Å²) in [7, 11) is 0. The number of amides is 1. The molecule has 0 saturated carbocycles. The van der Waals surface area contributed by atoms with Gasteiger partial charge in [-0.1, -0.05) is 54.6 Å². The summed E-state index contributed by atoms with van der Waals surface area (Å²) in [6, 6.07) is 21.4. The largest absolute Gasteiger partial charge is 0.506 e. The summed E-state index contributed by atoms with van der Waals surface area (Å²) < 4.78 is 1.78. The van der Waals surface area contributed by atoms with Gasteiger partial charge in [-0.2, -0.15) is 0 Å². The SMILES string of the molecule is CSc1c(C(=O)C(N)=O)c2c(O)cccn2c1Cc1ccccc1-c1ccccc1. The van der Waals surface area contributed by atoms with Crippen molar-refractivity contribution >= 4 is 29.0 Å².